The second-order valence-electron chi connectivity index (χ2n) is 4.78. The summed E-state index contributed by atoms with van der Waals surface area (Å²) in [6.45, 7) is 18.9. The first kappa shape index (κ1) is 17.1. The van der Waals surface area contributed by atoms with Crippen LogP contribution < -0.4 is 0 Å². The van der Waals surface area contributed by atoms with Gasteiger partial charge in [-0.3, -0.25) is 0 Å². The van der Waals surface area contributed by atoms with E-state index in [9.17, 15) is 0 Å². The molecule has 0 saturated heterocycles. The van der Waals surface area contributed by atoms with Crippen molar-refractivity contribution in [3.05, 3.63) is 0 Å². The average molecular weight is 259 g/mol. The summed E-state index contributed by atoms with van der Waals surface area (Å²) in [6.07, 6.45) is 2.73. The van der Waals surface area contributed by atoms with E-state index in [-0.39, 0.29) is 0 Å². The molecule has 0 bridgehead atoms. The van der Waals surface area contributed by atoms with Crippen molar-refractivity contribution in [1.82, 2.24) is 9.13 Å². The smallest absolute Gasteiger partial charge is 0.206 e. The van der Waals surface area contributed by atoms with Gasteiger partial charge in [0.2, 0.25) is 8.40 Å². The molecular weight excluding hydrogens is 224 g/mol. The van der Waals surface area contributed by atoms with Crippen LogP contribution in [0.2, 0.25) is 12.1 Å². The van der Waals surface area contributed by atoms with Crippen LogP contribution in [0.15, 0.2) is 0 Å². The molecule has 0 radical (unpaired) electrons. The summed E-state index contributed by atoms with van der Waals surface area (Å²) in [5.74, 6) is 0. The Morgan fingerprint density at radius 2 is 1.12 bits per heavy atom. The lowest BCUT2D eigenvalue weighted by molar-refractivity contribution is 0.346. The van der Waals surface area contributed by atoms with Gasteiger partial charge in [0.1, 0.15) is 0 Å². The van der Waals surface area contributed by atoms with Crippen molar-refractivity contribution >= 4 is 8.40 Å². The van der Waals surface area contributed by atoms with Crippen molar-refractivity contribution in [2.45, 2.75) is 66.5 Å². The number of unbranched alkanes of at least 4 members (excludes halogenated alkanes) is 1. The van der Waals surface area contributed by atoms with Gasteiger partial charge in [-0.25, -0.2) is 0 Å². The maximum absolute atomic E-state index is 2.80. The minimum absolute atomic E-state index is 1.22. The maximum atomic E-state index is 2.80. The SMILES string of the molecule is CCCC[Si](CC)(N(CC)CC)N(CC)CC. The van der Waals surface area contributed by atoms with Crippen LogP contribution in [0.5, 0.6) is 0 Å². The van der Waals surface area contributed by atoms with Gasteiger partial charge in [-0.1, -0.05) is 54.4 Å². The molecule has 0 aliphatic heterocycles. The van der Waals surface area contributed by atoms with E-state index in [1.807, 2.05) is 0 Å². The van der Waals surface area contributed by atoms with Crippen LogP contribution >= 0.6 is 0 Å². The van der Waals surface area contributed by atoms with Crippen molar-refractivity contribution < 1.29 is 0 Å². The van der Waals surface area contributed by atoms with E-state index in [0.717, 1.165) is 0 Å². The highest BCUT2D eigenvalue weighted by atomic mass is 28.3. The summed E-state index contributed by atoms with van der Waals surface area (Å²) in [4.78, 5) is 0. The van der Waals surface area contributed by atoms with Crippen LogP contribution in [0, 0.1) is 0 Å². The first-order valence-electron chi connectivity index (χ1n) is 7.66. The molecule has 0 rings (SSSR count). The molecule has 0 spiro atoms. The van der Waals surface area contributed by atoms with E-state index in [4.69, 9.17) is 0 Å². The second-order valence-corrected chi connectivity index (χ2v) is 9.22. The number of hydrogen-bond acceptors (Lipinski definition) is 2. The molecule has 0 saturated carbocycles. The molecule has 0 aliphatic rings. The molecule has 0 atom stereocenters. The van der Waals surface area contributed by atoms with Crippen LogP contribution in [0.1, 0.15) is 54.4 Å². The molecule has 0 aromatic carbocycles. The molecule has 17 heavy (non-hydrogen) atoms. The van der Waals surface area contributed by atoms with Gasteiger partial charge in [-0.2, -0.15) is 0 Å². The van der Waals surface area contributed by atoms with Gasteiger partial charge in [0.05, 0.1) is 0 Å². The quantitative estimate of drug-likeness (QED) is 0.548. The molecule has 0 aromatic rings. The highest BCUT2D eigenvalue weighted by molar-refractivity contribution is 6.74. The summed E-state index contributed by atoms with van der Waals surface area (Å²) >= 11 is 0. The molecule has 0 aliphatic carbocycles. The minimum Gasteiger partial charge on any atom is -0.312 e. The van der Waals surface area contributed by atoms with E-state index >= 15 is 0 Å². The fourth-order valence-corrected chi connectivity index (χ4v) is 8.78. The third-order valence-electron chi connectivity index (χ3n) is 4.20. The van der Waals surface area contributed by atoms with E-state index in [0.29, 0.717) is 0 Å². The normalized spacial score (nSPS) is 12.7. The van der Waals surface area contributed by atoms with Crippen LogP contribution in [-0.4, -0.2) is 43.7 Å². The van der Waals surface area contributed by atoms with Crippen LogP contribution in [0.25, 0.3) is 0 Å². The Morgan fingerprint density at radius 1 is 0.706 bits per heavy atom. The number of nitrogens with zero attached hydrogens (tertiary/aromatic N) is 2. The lowest BCUT2D eigenvalue weighted by Gasteiger charge is -2.48. The summed E-state index contributed by atoms with van der Waals surface area (Å²) in [6, 6.07) is 2.82. The molecule has 0 N–H and O–H groups in total. The van der Waals surface area contributed by atoms with Crippen molar-refractivity contribution in [2.75, 3.05) is 26.2 Å². The topological polar surface area (TPSA) is 6.48 Å². The highest BCUT2D eigenvalue weighted by Crippen LogP contribution is 2.27. The number of rotatable bonds is 10. The van der Waals surface area contributed by atoms with Crippen LogP contribution in [0.4, 0.5) is 0 Å². The maximum Gasteiger partial charge on any atom is 0.206 e. The highest BCUT2D eigenvalue weighted by Gasteiger charge is 2.40. The molecule has 0 amide bonds. The van der Waals surface area contributed by atoms with Crippen molar-refractivity contribution in [1.29, 1.82) is 0 Å². The Labute approximate surface area is 111 Å². The zero-order valence-electron chi connectivity index (χ0n) is 13.1. The van der Waals surface area contributed by atoms with E-state index < -0.39 is 8.40 Å². The molecule has 0 aromatic heterocycles. The lowest BCUT2D eigenvalue weighted by Crippen LogP contribution is -2.65. The first-order chi connectivity index (χ1) is 8.16. The first-order valence-corrected chi connectivity index (χ1v) is 9.97. The Balaban J connectivity index is 5.09. The zero-order valence-corrected chi connectivity index (χ0v) is 14.1. The van der Waals surface area contributed by atoms with Crippen molar-refractivity contribution in [3.8, 4) is 0 Å². The summed E-state index contributed by atoms with van der Waals surface area (Å²) in [5.41, 5.74) is 0. The van der Waals surface area contributed by atoms with Gasteiger partial charge in [0.15, 0.2) is 0 Å². The Bertz CT molecular complexity index is 165. The minimum atomic E-state index is -1.38. The van der Waals surface area contributed by atoms with E-state index in [1.54, 1.807) is 0 Å². The van der Waals surface area contributed by atoms with Gasteiger partial charge < -0.3 is 9.13 Å². The standard InChI is InChI=1S/C14H34N2Si/c1-7-13-14-17(12-6,15(8-2)9-3)16(10-4)11-5/h7-14H2,1-6H3. The Hall–Kier alpha value is 0.137. The number of hydrogen-bond donors (Lipinski definition) is 0. The average Bonchev–Trinajstić information content (AvgIpc) is 2.37. The fourth-order valence-electron chi connectivity index (χ4n) is 3.22. The fraction of sp³-hybridized carbons (Fsp3) is 1.00. The second kappa shape index (κ2) is 9.12. The summed E-state index contributed by atoms with van der Waals surface area (Å²) < 4.78 is 5.60. The third-order valence-corrected chi connectivity index (χ3v) is 10.1. The molecule has 0 fully saturated rings. The van der Waals surface area contributed by atoms with Gasteiger partial charge in [-0.15, -0.1) is 0 Å². The molecule has 2 nitrogen and oxygen atoms in total. The molecule has 3 heteroatoms. The van der Waals surface area contributed by atoms with Crippen LogP contribution in [0.3, 0.4) is 0 Å². The van der Waals surface area contributed by atoms with E-state index in [2.05, 4.69) is 50.7 Å². The monoisotopic (exact) mass is 258 g/mol. The summed E-state index contributed by atoms with van der Waals surface area (Å²) in [5, 5.41) is 0. The molecule has 104 valence electrons. The van der Waals surface area contributed by atoms with Gasteiger partial charge in [-0.05, 0) is 38.3 Å². The van der Waals surface area contributed by atoms with Gasteiger partial charge in [0.25, 0.3) is 0 Å². The van der Waals surface area contributed by atoms with Gasteiger partial charge in [0, 0.05) is 0 Å². The Kier molecular flexibility index (Phi) is 9.19. The molecule has 0 unspecified atom stereocenters. The van der Waals surface area contributed by atoms with Gasteiger partial charge >= 0.3 is 0 Å². The summed E-state index contributed by atoms with van der Waals surface area (Å²) in [7, 11) is -1.38. The third kappa shape index (κ3) is 4.07. The van der Waals surface area contributed by atoms with Crippen LogP contribution in [-0.2, 0) is 0 Å². The predicted octanol–water partition coefficient (Wildman–Crippen LogP) is 3.93. The molecular formula is C14H34N2Si. The largest absolute Gasteiger partial charge is 0.312 e. The lowest BCUT2D eigenvalue weighted by atomic mass is 10.4. The predicted molar refractivity (Wildman–Crippen MR) is 81.8 cm³/mol. The van der Waals surface area contributed by atoms with Crippen molar-refractivity contribution in [2.24, 2.45) is 0 Å². The molecule has 0 heterocycles. The van der Waals surface area contributed by atoms with Crippen molar-refractivity contribution in [3.63, 3.8) is 0 Å². The van der Waals surface area contributed by atoms with E-state index in [1.165, 1.54) is 51.1 Å². The Morgan fingerprint density at radius 3 is 1.35 bits per heavy atom. The zero-order chi connectivity index (χ0) is 13.3.